The Morgan fingerprint density at radius 1 is 1.17 bits per heavy atom. The summed E-state index contributed by atoms with van der Waals surface area (Å²) >= 11 is 1.77. The fourth-order valence-electron chi connectivity index (χ4n) is 2.43. The van der Waals surface area contributed by atoms with Gasteiger partial charge in [-0.2, -0.15) is 0 Å². The molecule has 1 saturated heterocycles. The lowest BCUT2D eigenvalue weighted by Crippen LogP contribution is -2.29. The molecule has 0 saturated carbocycles. The quantitative estimate of drug-likeness (QED) is 0.806. The Bertz CT molecular complexity index is 527. The largest absolute Gasteiger partial charge is 0.348 e. The van der Waals surface area contributed by atoms with Gasteiger partial charge in [-0.25, -0.2) is 4.98 Å². The van der Waals surface area contributed by atoms with Crippen molar-refractivity contribution >= 4 is 16.5 Å². The molecule has 1 aliphatic heterocycles. The molecule has 2 nitrogen and oxygen atoms in total. The Hall–Kier alpha value is -1.35. The van der Waals surface area contributed by atoms with Crippen LogP contribution in [0, 0.1) is 6.92 Å². The normalized spacial score (nSPS) is 15.9. The monoisotopic (exact) mass is 258 g/mol. The van der Waals surface area contributed by atoms with Crippen molar-refractivity contribution in [3.63, 3.8) is 0 Å². The predicted octanol–water partition coefficient (Wildman–Crippen LogP) is 4.11. The number of anilines is 1. The minimum absolute atomic E-state index is 1.12. The van der Waals surface area contributed by atoms with Gasteiger partial charge in [-0.1, -0.05) is 23.8 Å². The Morgan fingerprint density at radius 2 is 2.00 bits per heavy atom. The second-order valence-electron chi connectivity index (χ2n) is 4.93. The van der Waals surface area contributed by atoms with Crippen LogP contribution in [0.1, 0.15) is 24.8 Å². The Balaban J connectivity index is 1.84. The van der Waals surface area contributed by atoms with Gasteiger partial charge >= 0.3 is 0 Å². The molecule has 0 atom stereocenters. The molecular weight excluding hydrogens is 240 g/mol. The van der Waals surface area contributed by atoms with Crippen molar-refractivity contribution < 1.29 is 0 Å². The zero-order valence-electron chi connectivity index (χ0n) is 10.7. The summed E-state index contributed by atoms with van der Waals surface area (Å²) < 4.78 is 0. The smallest absolute Gasteiger partial charge is 0.185 e. The molecule has 0 unspecified atom stereocenters. The highest BCUT2D eigenvalue weighted by atomic mass is 32.1. The van der Waals surface area contributed by atoms with Gasteiger partial charge in [0, 0.05) is 24.0 Å². The van der Waals surface area contributed by atoms with Crippen LogP contribution in [0.15, 0.2) is 29.6 Å². The Morgan fingerprint density at radius 3 is 2.78 bits per heavy atom. The van der Waals surface area contributed by atoms with Gasteiger partial charge in [0.25, 0.3) is 0 Å². The molecule has 0 aliphatic carbocycles. The molecule has 2 aromatic rings. The molecule has 0 bridgehead atoms. The summed E-state index contributed by atoms with van der Waals surface area (Å²) in [7, 11) is 0. The molecule has 1 fully saturated rings. The molecule has 0 amide bonds. The number of hydrogen-bond donors (Lipinski definition) is 0. The third-order valence-electron chi connectivity index (χ3n) is 3.43. The molecule has 1 aromatic carbocycles. The Labute approximate surface area is 112 Å². The molecule has 0 spiro atoms. The highest BCUT2D eigenvalue weighted by Crippen LogP contribution is 2.29. The number of rotatable bonds is 2. The highest BCUT2D eigenvalue weighted by molar-refractivity contribution is 7.14. The third kappa shape index (κ3) is 2.41. The van der Waals surface area contributed by atoms with Crippen molar-refractivity contribution in [2.75, 3.05) is 18.0 Å². The van der Waals surface area contributed by atoms with Crippen LogP contribution < -0.4 is 4.90 Å². The lowest BCUT2D eigenvalue weighted by atomic mass is 10.1. The SMILES string of the molecule is Cc1cccc(-c2csc(N3CCCCC3)n2)c1. The van der Waals surface area contributed by atoms with E-state index in [-0.39, 0.29) is 0 Å². The van der Waals surface area contributed by atoms with Crippen molar-refractivity contribution in [1.82, 2.24) is 4.98 Å². The van der Waals surface area contributed by atoms with E-state index in [0.29, 0.717) is 0 Å². The number of piperidine rings is 1. The van der Waals surface area contributed by atoms with Crippen LogP contribution >= 0.6 is 11.3 Å². The standard InChI is InChI=1S/C15H18N2S/c1-12-6-5-7-13(10-12)14-11-18-15(16-14)17-8-3-2-4-9-17/h5-7,10-11H,2-4,8-9H2,1H3. The van der Waals surface area contributed by atoms with E-state index in [2.05, 4.69) is 41.5 Å². The highest BCUT2D eigenvalue weighted by Gasteiger charge is 2.14. The number of nitrogens with zero attached hydrogens (tertiary/aromatic N) is 2. The van der Waals surface area contributed by atoms with Gasteiger partial charge < -0.3 is 4.90 Å². The van der Waals surface area contributed by atoms with Gasteiger partial charge in [-0.15, -0.1) is 11.3 Å². The molecule has 0 radical (unpaired) electrons. The Kier molecular flexibility index (Phi) is 3.33. The number of thiazole rings is 1. The van der Waals surface area contributed by atoms with Gasteiger partial charge in [0.1, 0.15) is 0 Å². The van der Waals surface area contributed by atoms with E-state index in [1.807, 2.05) is 0 Å². The first-order valence-corrected chi connectivity index (χ1v) is 7.48. The maximum absolute atomic E-state index is 4.79. The van der Waals surface area contributed by atoms with E-state index in [4.69, 9.17) is 4.98 Å². The minimum Gasteiger partial charge on any atom is -0.348 e. The van der Waals surface area contributed by atoms with E-state index in [1.165, 1.54) is 48.6 Å². The fourth-order valence-corrected chi connectivity index (χ4v) is 3.32. The molecule has 3 rings (SSSR count). The van der Waals surface area contributed by atoms with E-state index in [9.17, 15) is 0 Å². The lowest BCUT2D eigenvalue weighted by Gasteiger charge is -2.25. The van der Waals surface area contributed by atoms with Crippen LogP contribution in [0.4, 0.5) is 5.13 Å². The second-order valence-corrected chi connectivity index (χ2v) is 5.77. The van der Waals surface area contributed by atoms with E-state index >= 15 is 0 Å². The summed E-state index contributed by atoms with van der Waals surface area (Å²) in [4.78, 5) is 7.21. The van der Waals surface area contributed by atoms with Crippen LogP contribution in [0.3, 0.4) is 0 Å². The van der Waals surface area contributed by atoms with Gasteiger partial charge in [0.15, 0.2) is 5.13 Å². The van der Waals surface area contributed by atoms with Crippen molar-refractivity contribution in [3.8, 4) is 11.3 Å². The van der Waals surface area contributed by atoms with Crippen molar-refractivity contribution in [2.24, 2.45) is 0 Å². The van der Waals surface area contributed by atoms with E-state index in [0.717, 1.165) is 5.69 Å². The van der Waals surface area contributed by atoms with Crippen LogP contribution in [0.5, 0.6) is 0 Å². The first-order valence-electron chi connectivity index (χ1n) is 6.60. The minimum atomic E-state index is 1.12. The maximum Gasteiger partial charge on any atom is 0.185 e. The van der Waals surface area contributed by atoms with Crippen LogP contribution in [0.25, 0.3) is 11.3 Å². The summed E-state index contributed by atoms with van der Waals surface area (Å²) in [6, 6.07) is 8.57. The van der Waals surface area contributed by atoms with Crippen LogP contribution in [0.2, 0.25) is 0 Å². The van der Waals surface area contributed by atoms with E-state index in [1.54, 1.807) is 11.3 Å². The third-order valence-corrected chi connectivity index (χ3v) is 4.33. The fraction of sp³-hybridized carbons (Fsp3) is 0.400. The zero-order valence-corrected chi connectivity index (χ0v) is 11.5. The molecule has 1 aliphatic rings. The van der Waals surface area contributed by atoms with Gasteiger partial charge in [-0.3, -0.25) is 0 Å². The topological polar surface area (TPSA) is 16.1 Å². The van der Waals surface area contributed by atoms with E-state index < -0.39 is 0 Å². The molecule has 94 valence electrons. The molecular formula is C15H18N2S. The molecule has 18 heavy (non-hydrogen) atoms. The van der Waals surface area contributed by atoms with Crippen molar-refractivity contribution in [1.29, 1.82) is 0 Å². The summed E-state index contributed by atoms with van der Waals surface area (Å²) in [6.45, 7) is 4.46. The lowest BCUT2D eigenvalue weighted by molar-refractivity contribution is 0.577. The number of aryl methyl sites for hydroxylation is 1. The summed E-state index contributed by atoms with van der Waals surface area (Å²) in [5.74, 6) is 0. The summed E-state index contributed by atoms with van der Waals surface area (Å²) in [5.41, 5.74) is 3.64. The van der Waals surface area contributed by atoms with Crippen molar-refractivity contribution in [2.45, 2.75) is 26.2 Å². The second kappa shape index (κ2) is 5.11. The van der Waals surface area contributed by atoms with Crippen LogP contribution in [-0.4, -0.2) is 18.1 Å². The summed E-state index contributed by atoms with van der Waals surface area (Å²) in [6.07, 6.45) is 3.98. The van der Waals surface area contributed by atoms with Gasteiger partial charge in [0.05, 0.1) is 5.69 Å². The molecule has 1 aromatic heterocycles. The number of benzene rings is 1. The molecule has 2 heterocycles. The van der Waals surface area contributed by atoms with Crippen LogP contribution in [-0.2, 0) is 0 Å². The zero-order chi connectivity index (χ0) is 12.4. The molecule has 0 N–H and O–H groups in total. The predicted molar refractivity (Wildman–Crippen MR) is 78.4 cm³/mol. The first-order chi connectivity index (χ1) is 8.83. The number of hydrogen-bond acceptors (Lipinski definition) is 3. The van der Waals surface area contributed by atoms with Crippen molar-refractivity contribution in [3.05, 3.63) is 35.2 Å². The van der Waals surface area contributed by atoms with Gasteiger partial charge in [0.2, 0.25) is 0 Å². The average Bonchev–Trinajstić information content (AvgIpc) is 2.89. The summed E-state index contributed by atoms with van der Waals surface area (Å²) in [5, 5.41) is 3.37. The first kappa shape index (κ1) is 11.7. The molecule has 3 heteroatoms. The average molecular weight is 258 g/mol. The maximum atomic E-state index is 4.79. The van der Waals surface area contributed by atoms with Gasteiger partial charge in [-0.05, 0) is 32.3 Å². The number of aromatic nitrogens is 1.